The van der Waals surface area contributed by atoms with Crippen LogP contribution in [0.2, 0.25) is 0 Å². The second kappa shape index (κ2) is 11.9. The average molecular weight is 528 g/mol. The Balaban J connectivity index is 1.45. The Labute approximate surface area is 227 Å². The highest BCUT2D eigenvalue weighted by Gasteiger charge is 2.52. The number of aliphatic imine (C=N–C) groups is 1. The first kappa shape index (κ1) is 28.8. The highest BCUT2D eigenvalue weighted by Crippen LogP contribution is 2.48. The standard InChI is InChI=1S/C31H45NO6/c1-22-18-30(13-15-31(16-14-30,37-24(3)33)28-21-36-29(4,5)38-28)27(32-19-23(22)2)8-7-17-35-20-25-9-11-26(34-6)12-10-25/h9-13,15,22-23,28H,7-8,14,16-21H2,1-6H3/t22-,23-,28-,30+,31-/m0/s1. The van der Waals surface area contributed by atoms with Crippen LogP contribution in [0.5, 0.6) is 5.75 Å². The van der Waals surface area contributed by atoms with Crippen LogP contribution < -0.4 is 4.74 Å². The van der Waals surface area contributed by atoms with Crippen molar-refractivity contribution in [1.82, 2.24) is 0 Å². The summed E-state index contributed by atoms with van der Waals surface area (Å²) < 4.78 is 29.2. The van der Waals surface area contributed by atoms with E-state index >= 15 is 0 Å². The highest BCUT2D eigenvalue weighted by atomic mass is 16.8. The molecule has 210 valence electrons. The predicted molar refractivity (Wildman–Crippen MR) is 147 cm³/mol. The molecule has 0 bridgehead atoms. The lowest BCUT2D eigenvalue weighted by molar-refractivity contribution is -0.185. The number of hydrogen-bond acceptors (Lipinski definition) is 7. The zero-order valence-electron chi connectivity index (χ0n) is 24.0. The van der Waals surface area contributed by atoms with Crippen molar-refractivity contribution in [2.24, 2.45) is 22.2 Å². The molecule has 0 saturated carbocycles. The third kappa shape index (κ3) is 6.67. The highest BCUT2D eigenvalue weighted by molar-refractivity contribution is 5.92. The van der Waals surface area contributed by atoms with Crippen LogP contribution in [0.25, 0.3) is 0 Å². The van der Waals surface area contributed by atoms with Gasteiger partial charge >= 0.3 is 5.97 Å². The smallest absolute Gasteiger partial charge is 0.303 e. The first-order valence-corrected chi connectivity index (χ1v) is 14.0. The van der Waals surface area contributed by atoms with Crippen molar-refractivity contribution in [3.63, 3.8) is 0 Å². The number of esters is 1. The van der Waals surface area contributed by atoms with Crippen molar-refractivity contribution in [2.75, 3.05) is 26.9 Å². The normalized spacial score (nSPS) is 32.6. The van der Waals surface area contributed by atoms with Gasteiger partial charge in [0.2, 0.25) is 0 Å². The summed E-state index contributed by atoms with van der Waals surface area (Å²) in [5.74, 6) is 0.925. The quantitative estimate of drug-likeness (QED) is 0.226. The molecule has 7 heteroatoms. The maximum Gasteiger partial charge on any atom is 0.303 e. The Morgan fingerprint density at radius 2 is 1.87 bits per heavy atom. The minimum absolute atomic E-state index is 0.140. The van der Waals surface area contributed by atoms with Gasteiger partial charge in [0.1, 0.15) is 11.9 Å². The number of ether oxygens (including phenoxy) is 5. The molecule has 0 unspecified atom stereocenters. The van der Waals surface area contributed by atoms with Gasteiger partial charge in [0.05, 0.1) is 20.3 Å². The number of hydrogen-bond donors (Lipinski definition) is 0. The number of allylic oxidation sites excluding steroid dienone is 1. The molecule has 2 heterocycles. The monoisotopic (exact) mass is 527 g/mol. The number of carbonyl (C=O) groups is 1. The lowest BCUT2D eigenvalue weighted by Crippen LogP contribution is -2.50. The molecule has 2 aliphatic heterocycles. The molecular weight excluding hydrogens is 482 g/mol. The molecule has 1 fully saturated rings. The van der Waals surface area contributed by atoms with Crippen LogP contribution in [0.1, 0.15) is 72.3 Å². The summed E-state index contributed by atoms with van der Waals surface area (Å²) in [7, 11) is 1.67. The van der Waals surface area contributed by atoms with E-state index in [0.29, 0.717) is 38.1 Å². The zero-order chi connectivity index (χ0) is 27.4. The summed E-state index contributed by atoms with van der Waals surface area (Å²) in [5.41, 5.74) is 1.42. The molecule has 1 aromatic rings. The molecule has 0 aromatic heterocycles. The molecule has 1 saturated heterocycles. The van der Waals surface area contributed by atoms with Gasteiger partial charge in [0.15, 0.2) is 11.4 Å². The summed E-state index contributed by atoms with van der Waals surface area (Å²) in [5, 5.41) is 0. The molecule has 0 N–H and O–H groups in total. The van der Waals surface area contributed by atoms with Crippen LogP contribution in [0, 0.1) is 17.3 Å². The van der Waals surface area contributed by atoms with Crippen LogP contribution in [0.15, 0.2) is 41.4 Å². The summed E-state index contributed by atoms with van der Waals surface area (Å²) in [4.78, 5) is 17.3. The van der Waals surface area contributed by atoms with E-state index in [4.69, 9.17) is 28.7 Å². The second-order valence-corrected chi connectivity index (χ2v) is 11.8. The van der Waals surface area contributed by atoms with Crippen LogP contribution in [-0.2, 0) is 30.3 Å². The van der Waals surface area contributed by atoms with Gasteiger partial charge in [-0.2, -0.15) is 0 Å². The van der Waals surface area contributed by atoms with E-state index in [1.807, 2.05) is 38.1 Å². The average Bonchev–Trinajstić information content (AvgIpc) is 3.21. The molecule has 3 aliphatic rings. The van der Waals surface area contributed by atoms with Crippen molar-refractivity contribution < 1.29 is 28.5 Å². The molecule has 1 aromatic carbocycles. The maximum atomic E-state index is 12.2. The first-order valence-electron chi connectivity index (χ1n) is 14.0. The summed E-state index contributed by atoms with van der Waals surface area (Å²) >= 11 is 0. The minimum atomic E-state index is -0.821. The van der Waals surface area contributed by atoms with Crippen molar-refractivity contribution in [3.05, 3.63) is 42.0 Å². The molecule has 5 atom stereocenters. The summed E-state index contributed by atoms with van der Waals surface area (Å²) in [6.45, 7) is 12.4. The fraction of sp³-hybridized carbons (Fsp3) is 0.677. The minimum Gasteiger partial charge on any atom is -0.497 e. The van der Waals surface area contributed by atoms with E-state index in [9.17, 15) is 4.79 Å². The van der Waals surface area contributed by atoms with E-state index in [2.05, 4.69) is 26.0 Å². The topological polar surface area (TPSA) is 75.6 Å². The number of benzene rings is 1. The number of carbonyl (C=O) groups excluding carboxylic acids is 1. The van der Waals surface area contributed by atoms with Gasteiger partial charge in [-0.25, -0.2) is 0 Å². The number of nitrogens with zero attached hydrogens (tertiary/aromatic N) is 1. The second-order valence-electron chi connectivity index (χ2n) is 11.8. The van der Waals surface area contributed by atoms with Gasteiger partial charge in [-0.05, 0) is 81.6 Å². The van der Waals surface area contributed by atoms with Crippen LogP contribution in [0.4, 0.5) is 0 Å². The van der Waals surface area contributed by atoms with E-state index in [-0.39, 0.29) is 17.5 Å². The Morgan fingerprint density at radius 3 is 2.47 bits per heavy atom. The van der Waals surface area contributed by atoms with Gasteiger partial charge < -0.3 is 23.7 Å². The number of methoxy groups -OCH3 is 1. The van der Waals surface area contributed by atoms with Crippen LogP contribution in [-0.4, -0.2) is 56.0 Å². The SMILES string of the molecule is COc1ccc(COCCCC2=NC[C@H](C)[C@@H](C)C[C@]23C=C[C@@](OC(C)=O)([C@@H]2COC(C)(C)O2)CC3)cc1. The molecule has 0 radical (unpaired) electrons. The number of rotatable bonds is 9. The van der Waals surface area contributed by atoms with E-state index in [0.717, 1.165) is 43.5 Å². The van der Waals surface area contributed by atoms with Crippen molar-refractivity contribution >= 4 is 11.7 Å². The van der Waals surface area contributed by atoms with E-state index in [1.54, 1.807) is 7.11 Å². The maximum absolute atomic E-state index is 12.2. The van der Waals surface area contributed by atoms with Crippen LogP contribution >= 0.6 is 0 Å². The largest absolute Gasteiger partial charge is 0.497 e. The Morgan fingerprint density at radius 1 is 1.11 bits per heavy atom. The molecule has 4 rings (SSSR count). The van der Waals surface area contributed by atoms with Crippen molar-refractivity contribution in [2.45, 2.75) is 90.8 Å². The first-order chi connectivity index (χ1) is 18.1. The third-order valence-electron chi connectivity index (χ3n) is 8.47. The van der Waals surface area contributed by atoms with Gasteiger partial charge in [0, 0.05) is 31.2 Å². The molecular formula is C31H45NO6. The lowest BCUT2D eigenvalue weighted by Gasteiger charge is -2.44. The van der Waals surface area contributed by atoms with E-state index in [1.165, 1.54) is 12.6 Å². The Bertz CT molecular complexity index is 1020. The summed E-state index contributed by atoms with van der Waals surface area (Å²) in [6, 6.07) is 7.99. The molecule has 1 spiro atoms. The van der Waals surface area contributed by atoms with Gasteiger partial charge in [-0.15, -0.1) is 0 Å². The molecule has 38 heavy (non-hydrogen) atoms. The Kier molecular flexibility index (Phi) is 9.00. The fourth-order valence-electron chi connectivity index (χ4n) is 5.98. The Hall–Kier alpha value is -2.22. The summed E-state index contributed by atoms with van der Waals surface area (Å²) in [6.07, 6.45) is 8.43. The van der Waals surface area contributed by atoms with Crippen molar-refractivity contribution in [3.8, 4) is 5.75 Å². The molecule has 1 aliphatic carbocycles. The molecule has 7 nitrogen and oxygen atoms in total. The van der Waals surface area contributed by atoms with Gasteiger partial charge in [-0.1, -0.05) is 32.1 Å². The third-order valence-corrected chi connectivity index (χ3v) is 8.47. The lowest BCUT2D eigenvalue weighted by atomic mass is 9.64. The van der Waals surface area contributed by atoms with Crippen molar-refractivity contribution in [1.29, 1.82) is 0 Å². The van der Waals surface area contributed by atoms with Gasteiger partial charge in [0.25, 0.3) is 0 Å². The van der Waals surface area contributed by atoms with Gasteiger partial charge in [-0.3, -0.25) is 9.79 Å². The van der Waals surface area contributed by atoms with E-state index < -0.39 is 11.4 Å². The predicted octanol–water partition coefficient (Wildman–Crippen LogP) is 5.90. The fourth-order valence-corrected chi connectivity index (χ4v) is 5.98. The zero-order valence-corrected chi connectivity index (χ0v) is 24.0. The van der Waals surface area contributed by atoms with Crippen LogP contribution in [0.3, 0.4) is 0 Å². The molecule has 0 amide bonds.